The molecule has 0 saturated heterocycles. The summed E-state index contributed by atoms with van der Waals surface area (Å²) in [6.07, 6.45) is 3.72. The van der Waals surface area contributed by atoms with Gasteiger partial charge < -0.3 is 5.32 Å². The molecule has 0 bridgehead atoms. The first-order chi connectivity index (χ1) is 12.0. The number of hydrogen-bond donors (Lipinski definition) is 2. The summed E-state index contributed by atoms with van der Waals surface area (Å²) in [5, 5.41) is 12.2. The minimum atomic E-state index is -3.67. The molecule has 1 aliphatic carbocycles. The fraction of sp³-hybridized carbons (Fsp3) is 0.579. The SMILES string of the molecule is CC(C)(C)[C@](C)(C#N)NC(=O)c1cccc(S(=O)(=O)NC2CCCC2)c1. The Morgan fingerprint density at radius 2 is 1.81 bits per heavy atom. The molecule has 1 aliphatic rings. The van der Waals surface area contributed by atoms with E-state index in [9.17, 15) is 18.5 Å². The Labute approximate surface area is 156 Å². The van der Waals surface area contributed by atoms with Gasteiger partial charge in [0, 0.05) is 11.6 Å². The van der Waals surface area contributed by atoms with Gasteiger partial charge in [0.2, 0.25) is 10.0 Å². The lowest BCUT2D eigenvalue weighted by molar-refractivity contribution is 0.0867. The average molecular weight is 378 g/mol. The summed E-state index contributed by atoms with van der Waals surface area (Å²) in [7, 11) is -3.67. The lowest BCUT2D eigenvalue weighted by Gasteiger charge is -2.36. The average Bonchev–Trinajstić information content (AvgIpc) is 3.06. The first kappa shape index (κ1) is 20.4. The Bertz CT molecular complexity index is 815. The molecule has 1 atom stereocenters. The van der Waals surface area contributed by atoms with Gasteiger partial charge in [0.1, 0.15) is 5.54 Å². The van der Waals surface area contributed by atoms with Crippen LogP contribution in [0.1, 0.15) is 63.7 Å². The van der Waals surface area contributed by atoms with Gasteiger partial charge in [0.15, 0.2) is 0 Å². The molecule has 142 valence electrons. The normalized spacial score (nSPS) is 18.1. The Morgan fingerprint density at radius 1 is 1.19 bits per heavy atom. The molecule has 0 heterocycles. The lowest BCUT2D eigenvalue weighted by atomic mass is 9.76. The zero-order chi connectivity index (χ0) is 19.6. The molecule has 1 aromatic rings. The molecule has 26 heavy (non-hydrogen) atoms. The van der Waals surface area contributed by atoms with Crippen molar-refractivity contribution in [3.05, 3.63) is 29.8 Å². The van der Waals surface area contributed by atoms with E-state index in [1.165, 1.54) is 12.1 Å². The summed E-state index contributed by atoms with van der Waals surface area (Å²) in [4.78, 5) is 12.7. The molecule has 6 nitrogen and oxygen atoms in total. The summed E-state index contributed by atoms with van der Waals surface area (Å²) >= 11 is 0. The lowest BCUT2D eigenvalue weighted by Crippen LogP contribution is -2.53. The number of hydrogen-bond acceptors (Lipinski definition) is 4. The van der Waals surface area contributed by atoms with Crippen molar-refractivity contribution in [1.82, 2.24) is 10.0 Å². The van der Waals surface area contributed by atoms with Crippen LogP contribution >= 0.6 is 0 Å². The van der Waals surface area contributed by atoms with E-state index in [-0.39, 0.29) is 16.5 Å². The molecule has 0 aromatic heterocycles. The number of nitriles is 1. The van der Waals surface area contributed by atoms with E-state index in [0.717, 1.165) is 25.7 Å². The summed E-state index contributed by atoms with van der Waals surface area (Å²) in [6, 6.07) is 8.02. The summed E-state index contributed by atoms with van der Waals surface area (Å²) in [5.74, 6) is -0.470. The number of sulfonamides is 1. The van der Waals surface area contributed by atoms with Crippen LogP contribution in [0.5, 0.6) is 0 Å². The summed E-state index contributed by atoms with van der Waals surface area (Å²) in [5.41, 5.74) is -1.35. The van der Waals surface area contributed by atoms with Gasteiger partial charge in [-0.3, -0.25) is 4.79 Å². The van der Waals surface area contributed by atoms with E-state index in [1.54, 1.807) is 19.1 Å². The third kappa shape index (κ3) is 4.43. The van der Waals surface area contributed by atoms with Crippen LogP contribution in [0.4, 0.5) is 0 Å². The molecule has 0 unspecified atom stereocenters. The number of benzene rings is 1. The molecule has 2 N–H and O–H groups in total. The Kier molecular flexibility index (Phi) is 5.79. The maximum atomic E-state index is 12.6. The van der Waals surface area contributed by atoms with Crippen LogP contribution < -0.4 is 10.0 Å². The van der Waals surface area contributed by atoms with Gasteiger partial charge in [-0.05, 0) is 43.4 Å². The summed E-state index contributed by atoms with van der Waals surface area (Å²) < 4.78 is 27.8. The number of rotatable bonds is 5. The highest BCUT2D eigenvalue weighted by Crippen LogP contribution is 2.30. The highest BCUT2D eigenvalue weighted by atomic mass is 32.2. The van der Waals surface area contributed by atoms with Gasteiger partial charge in [-0.2, -0.15) is 5.26 Å². The van der Waals surface area contributed by atoms with E-state index < -0.39 is 26.9 Å². The highest BCUT2D eigenvalue weighted by Gasteiger charge is 2.39. The second kappa shape index (κ2) is 7.37. The molecule has 1 fully saturated rings. The summed E-state index contributed by atoms with van der Waals surface area (Å²) in [6.45, 7) is 7.25. The zero-order valence-corrected chi connectivity index (χ0v) is 16.6. The van der Waals surface area contributed by atoms with Gasteiger partial charge in [-0.15, -0.1) is 0 Å². The van der Waals surface area contributed by atoms with Crippen LogP contribution in [0.3, 0.4) is 0 Å². The largest absolute Gasteiger partial charge is 0.333 e. The Hall–Kier alpha value is -1.91. The maximum absolute atomic E-state index is 12.6. The van der Waals surface area contributed by atoms with Crippen molar-refractivity contribution in [2.24, 2.45) is 5.41 Å². The number of nitrogens with zero attached hydrogens (tertiary/aromatic N) is 1. The predicted molar refractivity (Wildman–Crippen MR) is 100.0 cm³/mol. The predicted octanol–water partition coefficient (Wildman–Crippen LogP) is 2.97. The van der Waals surface area contributed by atoms with Gasteiger partial charge >= 0.3 is 0 Å². The smallest absolute Gasteiger partial charge is 0.252 e. The van der Waals surface area contributed by atoms with Crippen LogP contribution in [0.2, 0.25) is 0 Å². The van der Waals surface area contributed by atoms with Gasteiger partial charge in [0.05, 0.1) is 11.0 Å². The molecule has 0 radical (unpaired) electrons. The van der Waals surface area contributed by atoms with E-state index >= 15 is 0 Å². The van der Waals surface area contributed by atoms with Crippen LogP contribution in [-0.4, -0.2) is 25.9 Å². The number of carbonyl (C=O) groups is 1. The minimum Gasteiger partial charge on any atom is -0.333 e. The van der Waals surface area contributed by atoms with Crippen molar-refractivity contribution < 1.29 is 13.2 Å². The molecule has 0 spiro atoms. The van der Waals surface area contributed by atoms with Crippen molar-refractivity contribution in [2.75, 3.05) is 0 Å². The molecule has 1 saturated carbocycles. The van der Waals surface area contributed by atoms with Gasteiger partial charge in [-0.1, -0.05) is 39.7 Å². The molecule has 2 rings (SSSR count). The second-order valence-electron chi connectivity index (χ2n) is 8.07. The number of carbonyl (C=O) groups excluding carboxylic acids is 1. The fourth-order valence-corrected chi connectivity index (χ4v) is 4.17. The minimum absolute atomic E-state index is 0.0414. The third-order valence-electron chi connectivity index (χ3n) is 5.17. The molecule has 0 aliphatic heterocycles. The molecule has 7 heteroatoms. The first-order valence-corrected chi connectivity index (χ1v) is 10.3. The van der Waals surface area contributed by atoms with E-state index in [4.69, 9.17) is 0 Å². The Morgan fingerprint density at radius 3 is 2.35 bits per heavy atom. The van der Waals surface area contributed by atoms with Crippen molar-refractivity contribution in [3.63, 3.8) is 0 Å². The Balaban J connectivity index is 2.23. The second-order valence-corrected chi connectivity index (χ2v) is 9.79. The van der Waals surface area contributed by atoms with Crippen molar-refractivity contribution in [1.29, 1.82) is 5.26 Å². The quantitative estimate of drug-likeness (QED) is 0.824. The van der Waals surface area contributed by atoms with Crippen molar-refractivity contribution in [3.8, 4) is 6.07 Å². The van der Waals surface area contributed by atoms with Crippen LogP contribution in [0.15, 0.2) is 29.2 Å². The molecular weight excluding hydrogens is 350 g/mol. The van der Waals surface area contributed by atoms with E-state index in [0.29, 0.717) is 0 Å². The van der Waals surface area contributed by atoms with Gasteiger partial charge in [0.25, 0.3) is 5.91 Å². The van der Waals surface area contributed by atoms with Crippen LogP contribution in [-0.2, 0) is 10.0 Å². The van der Waals surface area contributed by atoms with Crippen molar-refractivity contribution in [2.45, 2.75) is 69.9 Å². The first-order valence-electron chi connectivity index (χ1n) is 8.85. The van der Waals surface area contributed by atoms with E-state index in [1.807, 2.05) is 20.8 Å². The fourth-order valence-electron chi connectivity index (χ4n) is 2.82. The number of amides is 1. The van der Waals surface area contributed by atoms with Crippen molar-refractivity contribution >= 4 is 15.9 Å². The van der Waals surface area contributed by atoms with Crippen LogP contribution in [0.25, 0.3) is 0 Å². The standard InChI is InChI=1S/C19H27N3O3S/c1-18(2,3)19(4,13-20)21-17(23)14-8-7-11-16(12-14)26(24,25)22-15-9-5-6-10-15/h7-8,11-12,15,22H,5-6,9-10H2,1-4H3,(H,21,23)/t19-/m0/s1. The third-order valence-corrected chi connectivity index (χ3v) is 6.69. The van der Waals surface area contributed by atoms with E-state index in [2.05, 4.69) is 16.1 Å². The number of nitrogens with one attached hydrogen (secondary N) is 2. The monoisotopic (exact) mass is 377 g/mol. The van der Waals surface area contributed by atoms with Gasteiger partial charge in [-0.25, -0.2) is 13.1 Å². The molecular formula is C19H27N3O3S. The zero-order valence-electron chi connectivity index (χ0n) is 15.8. The molecule has 1 amide bonds. The highest BCUT2D eigenvalue weighted by molar-refractivity contribution is 7.89. The topological polar surface area (TPSA) is 99.1 Å². The maximum Gasteiger partial charge on any atom is 0.252 e. The van der Waals surface area contributed by atoms with Crippen LogP contribution in [0, 0.1) is 16.7 Å². The molecule has 1 aromatic carbocycles.